The second-order valence-corrected chi connectivity index (χ2v) is 4.53. The van der Waals surface area contributed by atoms with E-state index in [1.54, 1.807) is 23.1 Å². The number of carboxylic acids is 1. The van der Waals surface area contributed by atoms with Crippen LogP contribution in [0, 0.1) is 0 Å². The summed E-state index contributed by atoms with van der Waals surface area (Å²) in [5.41, 5.74) is 0. The summed E-state index contributed by atoms with van der Waals surface area (Å²) in [7, 11) is 0. The molecule has 4 nitrogen and oxygen atoms in total. The minimum absolute atomic E-state index is 0.00814. The van der Waals surface area contributed by atoms with Gasteiger partial charge in [-0.1, -0.05) is 30.1 Å². The van der Waals surface area contributed by atoms with Crippen LogP contribution in [0.25, 0.3) is 0 Å². The molecule has 0 bridgehead atoms. The van der Waals surface area contributed by atoms with Crippen molar-refractivity contribution in [2.45, 2.75) is 6.92 Å². The molecule has 1 N–H and O–H groups in total. The van der Waals surface area contributed by atoms with Crippen LogP contribution >= 0.6 is 23.2 Å². The van der Waals surface area contributed by atoms with Gasteiger partial charge in [-0.2, -0.15) is 0 Å². The van der Waals surface area contributed by atoms with Gasteiger partial charge in [0.1, 0.15) is 12.4 Å². The third-order valence-corrected chi connectivity index (χ3v) is 2.90. The van der Waals surface area contributed by atoms with E-state index >= 15 is 0 Å². The van der Waals surface area contributed by atoms with Gasteiger partial charge < -0.3 is 9.84 Å². The maximum atomic E-state index is 10.6. The maximum absolute atomic E-state index is 10.6. The highest BCUT2D eigenvalue weighted by Gasteiger charge is 2.08. The molecule has 0 amide bonds. The van der Waals surface area contributed by atoms with Crippen LogP contribution in [-0.2, 0) is 4.79 Å². The molecule has 1 aromatic carbocycles. The number of hydrogen-bond donors (Lipinski definition) is 1. The molecule has 0 heterocycles. The molecule has 0 unspecified atom stereocenters. The van der Waals surface area contributed by atoms with Gasteiger partial charge in [-0.15, -0.1) is 0 Å². The number of carboxylic acid groups (broad SMARTS) is 1. The molecule has 0 aromatic heterocycles. The van der Waals surface area contributed by atoms with E-state index in [1.807, 2.05) is 6.92 Å². The van der Waals surface area contributed by atoms with E-state index in [-0.39, 0.29) is 6.54 Å². The fourth-order valence-corrected chi connectivity index (χ4v) is 1.88. The van der Waals surface area contributed by atoms with Crippen molar-refractivity contribution in [1.82, 2.24) is 4.90 Å². The fraction of sp³-hybridized carbons (Fsp3) is 0.417. The lowest BCUT2D eigenvalue weighted by Gasteiger charge is -2.18. The average molecular weight is 292 g/mol. The quantitative estimate of drug-likeness (QED) is 0.839. The van der Waals surface area contributed by atoms with Gasteiger partial charge in [0.25, 0.3) is 0 Å². The van der Waals surface area contributed by atoms with E-state index in [0.29, 0.717) is 35.5 Å². The number of aliphatic carboxylic acids is 1. The number of nitrogens with zero attached hydrogens (tertiary/aromatic N) is 1. The molecule has 0 saturated heterocycles. The number of hydrogen-bond acceptors (Lipinski definition) is 3. The lowest BCUT2D eigenvalue weighted by Crippen LogP contribution is -2.33. The Bertz CT molecular complexity index is 412. The third-order valence-electron chi connectivity index (χ3n) is 2.37. The van der Waals surface area contributed by atoms with Crippen LogP contribution < -0.4 is 4.74 Å². The van der Waals surface area contributed by atoms with Crippen LogP contribution in [0.15, 0.2) is 18.2 Å². The van der Waals surface area contributed by atoms with Gasteiger partial charge in [-0.3, -0.25) is 9.69 Å². The standard InChI is InChI=1S/C12H15Cl2NO3/c1-2-15(8-12(16)17)5-6-18-11-4-3-9(13)7-10(11)14/h3-4,7H,2,5-6,8H2,1H3,(H,16,17). The second-order valence-electron chi connectivity index (χ2n) is 3.69. The highest BCUT2D eigenvalue weighted by atomic mass is 35.5. The first-order chi connectivity index (χ1) is 8.52. The van der Waals surface area contributed by atoms with Crippen molar-refractivity contribution in [2.75, 3.05) is 26.2 Å². The average Bonchev–Trinajstić information content (AvgIpc) is 2.30. The molecule has 0 atom stereocenters. The van der Waals surface area contributed by atoms with Crippen molar-refractivity contribution in [3.8, 4) is 5.75 Å². The molecular weight excluding hydrogens is 277 g/mol. The summed E-state index contributed by atoms with van der Waals surface area (Å²) in [5, 5.41) is 9.69. The van der Waals surface area contributed by atoms with Gasteiger partial charge in [0.2, 0.25) is 0 Å². The monoisotopic (exact) mass is 291 g/mol. The molecule has 0 fully saturated rings. The Morgan fingerprint density at radius 1 is 1.44 bits per heavy atom. The number of benzene rings is 1. The molecule has 100 valence electrons. The third kappa shape index (κ3) is 5.12. The summed E-state index contributed by atoms with van der Waals surface area (Å²) < 4.78 is 5.48. The molecule has 1 rings (SSSR count). The van der Waals surface area contributed by atoms with Crippen LogP contribution in [0.5, 0.6) is 5.75 Å². The molecule has 18 heavy (non-hydrogen) atoms. The lowest BCUT2D eigenvalue weighted by molar-refractivity contribution is -0.138. The Kier molecular flexibility index (Phi) is 6.25. The van der Waals surface area contributed by atoms with Crippen molar-refractivity contribution < 1.29 is 14.6 Å². The van der Waals surface area contributed by atoms with E-state index in [0.717, 1.165) is 0 Å². The molecular formula is C12H15Cl2NO3. The van der Waals surface area contributed by atoms with Gasteiger partial charge in [-0.05, 0) is 24.7 Å². The minimum Gasteiger partial charge on any atom is -0.491 e. The Hall–Kier alpha value is -0.970. The van der Waals surface area contributed by atoms with Crippen molar-refractivity contribution in [1.29, 1.82) is 0 Å². The lowest BCUT2D eigenvalue weighted by atomic mass is 10.3. The normalized spacial score (nSPS) is 10.7. The van der Waals surface area contributed by atoms with Crippen LogP contribution in [0.2, 0.25) is 10.0 Å². The number of rotatable bonds is 7. The van der Waals surface area contributed by atoms with E-state index in [1.165, 1.54) is 0 Å². The van der Waals surface area contributed by atoms with Gasteiger partial charge in [0.05, 0.1) is 11.6 Å². The Morgan fingerprint density at radius 2 is 2.17 bits per heavy atom. The van der Waals surface area contributed by atoms with Gasteiger partial charge in [0, 0.05) is 11.6 Å². The summed E-state index contributed by atoms with van der Waals surface area (Å²) in [5.74, 6) is -0.297. The minimum atomic E-state index is -0.846. The number of ether oxygens (including phenoxy) is 1. The van der Waals surface area contributed by atoms with Crippen LogP contribution in [0.4, 0.5) is 0 Å². The topological polar surface area (TPSA) is 49.8 Å². The van der Waals surface area contributed by atoms with Crippen molar-refractivity contribution >= 4 is 29.2 Å². The molecule has 6 heteroatoms. The molecule has 1 aromatic rings. The van der Waals surface area contributed by atoms with E-state index < -0.39 is 5.97 Å². The van der Waals surface area contributed by atoms with Crippen LogP contribution in [0.3, 0.4) is 0 Å². The summed E-state index contributed by atoms with van der Waals surface area (Å²) in [6, 6.07) is 4.99. The highest BCUT2D eigenvalue weighted by Crippen LogP contribution is 2.27. The molecule has 0 radical (unpaired) electrons. The van der Waals surface area contributed by atoms with E-state index in [4.69, 9.17) is 33.0 Å². The maximum Gasteiger partial charge on any atom is 0.317 e. The Labute approximate surface area is 116 Å². The molecule has 0 spiro atoms. The summed E-state index contributed by atoms with van der Waals surface area (Å²) in [4.78, 5) is 12.3. The number of halogens is 2. The number of carbonyl (C=O) groups is 1. The van der Waals surface area contributed by atoms with E-state index in [9.17, 15) is 4.79 Å². The predicted octanol–water partition coefficient (Wildman–Crippen LogP) is 2.78. The SMILES string of the molecule is CCN(CCOc1ccc(Cl)cc1Cl)CC(=O)O. The van der Waals surface area contributed by atoms with Crippen molar-refractivity contribution in [3.63, 3.8) is 0 Å². The first kappa shape index (κ1) is 15.1. The summed E-state index contributed by atoms with van der Waals surface area (Å²) in [6.45, 7) is 3.47. The molecule has 0 aliphatic rings. The van der Waals surface area contributed by atoms with Crippen LogP contribution in [-0.4, -0.2) is 42.2 Å². The first-order valence-corrected chi connectivity index (χ1v) is 6.30. The highest BCUT2D eigenvalue weighted by molar-refractivity contribution is 6.35. The van der Waals surface area contributed by atoms with Crippen LogP contribution in [0.1, 0.15) is 6.92 Å². The molecule has 0 saturated carbocycles. The van der Waals surface area contributed by atoms with Gasteiger partial charge in [0.15, 0.2) is 0 Å². The zero-order valence-electron chi connectivity index (χ0n) is 10.0. The number of likely N-dealkylation sites (N-methyl/N-ethyl adjacent to an activating group) is 1. The molecule has 0 aliphatic heterocycles. The van der Waals surface area contributed by atoms with E-state index in [2.05, 4.69) is 0 Å². The second kappa shape index (κ2) is 7.46. The summed E-state index contributed by atoms with van der Waals surface area (Å²) in [6.07, 6.45) is 0. The first-order valence-electron chi connectivity index (χ1n) is 5.55. The predicted molar refractivity (Wildman–Crippen MR) is 71.7 cm³/mol. The van der Waals surface area contributed by atoms with Crippen molar-refractivity contribution in [2.24, 2.45) is 0 Å². The largest absolute Gasteiger partial charge is 0.491 e. The smallest absolute Gasteiger partial charge is 0.317 e. The Morgan fingerprint density at radius 3 is 2.72 bits per heavy atom. The zero-order chi connectivity index (χ0) is 13.5. The Balaban J connectivity index is 2.42. The van der Waals surface area contributed by atoms with Gasteiger partial charge in [-0.25, -0.2) is 0 Å². The summed E-state index contributed by atoms with van der Waals surface area (Å²) >= 11 is 11.7. The van der Waals surface area contributed by atoms with Crippen molar-refractivity contribution in [3.05, 3.63) is 28.2 Å². The molecule has 0 aliphatic carbocycles. The zero-order valence-corrected chi connectivity index (χ0v) is 11.5. The van der Waals surface area contributed by atoms with Gasteiger partial charge >= 0.3 is 5.97 Å². The fourth-order valence-electron chi connectivity index (χ4n) is 1.42.